The number of nitrogens with one attached hydrogen (secondary N) is 3. The molecule has 2 atom stereocenters. The molecule has 238 valence electrons. The average Bonchev–Trinajstić information content (AvgIpc) is 2.97. The van der Waals surface area contributed by atoms with E-state index in [0.717, 1.165) is 0 Å². The molecule has 44 heavy (non-hydrogen) atoms. The molecule has 0 radical (unpaired) electrons. The quantitative estimate of drug-likeness (QED) is 0.190. The van der Waals surface area contributed by atoms with E-state index in [2.05, 4.69) is 16.0 Å². The predicted octanol–water partition coefficient (Wildman–Crippen LogP) is 1.49. The van der Waals surface area contributed by atoms with Gasteiger partial charge in [0.1, 0.15) is 23.3 Å². The number of amides is 3. The molecule has 13 heteroatoms. The maximum Gasteiger partial charge on any atom is 0.305 e. The first-order valence-corrected chi connectivity index (χ1v) is 13.8. The van der Waals surface area contributed by atoms with Crippen molar-refractivity contribution in [1.29, 1.82) is 0 Å². The van der Waals surface area contributed by atoms with Gasteiger partial charge in [-0.2, -0.15) is 0 Å². The molecule has 0 spiro atoms. The van der Waals surface area contributed by atoms with Crippen molar-refractivity contribution in [2.45, 2.75) is 52.1 Å². The smallest absolute Gasteiger partial charge is 0.305 e. The number of carboxylic acid groups (broad SMARTS) is 1. The summed E-state index contributed by atoms with van der Waals surface area (Å²) in [6.45, 7) is 4.18. The van der Waals surface area contributed by atoms with Crippen molar-refractivity contribution >= 4 is 35.3 Å². The maximum absolute atomic E-state index is 13.2. The van der Waals surface area contributed by atoms with Crippen LogP contribution in [0.1, 0.15) is 48.7 Å². The molecule has 13 nitrogen and oxygen atoms in total. The Labute approximate surface area is 255 Å². The highest BCUT2D eigenvalue weighted by Crippen LogP contribution is 2.24. The Balaban J connectivity index is 2.09. The third-order valence-corrected chi connectivity index (χ3v) is 6.69. The second-order valence-corrected chi connectivity index (χ2v) is 10.3. The van der Waals surface area contributed by atoms with Gasteiger partial charge in [0.2, 0.25) is 17.7 Å². The summed E-state index contributed by atoms with van der Waals surface area (Å²) in [5, 5.41) is 16.8. The molecular formula is C31H39N3O10. The minimum absolute atomic E-state index is 0.148. The molecule has 0 aliphatic heterocycles. The molecule has 2 rings (SSSR count). The number of ether oxygens (including phenoxy) is 3. The van der Waals surface area contributed by atoms with Crippen LogP contribution >= 0.6 is 0 Å². The molecule has 3 amide bonds. The normalized spacial score (nSPS) is 12.0. The number of carbonyl (C=O) groups is 6. The number of rotatable bonds is 17. The lowest BCUT2D eigenvalue weighted by Crippen LogP contribution is -2.55. The van der Waals surface area contributed by atoms with Crippen LogP contribution in [0.15, 0.2) is 36.4 Å². The van der Waals surface area contributed by atoms with Gasteiger partial charge >= 0.3 is 5.97 Å². The minimum atomic E-state index is -1.47. The number of aliphatic carboxylic acids is 1. The Morgan fingerprint density at radius 3 is 1.93 bits per heavy atom. The Bertz CT molecular complexity index is 1390. The molecule has 2 aromatic rings. The zero-order chi connectivity index (χ0) is 33.0. The summed E-state index contributed by atoms with van der Waals surface area (Å²) >= 11 is 0. The van der Waals surface area contributed by atoms with Crippen molar-refractivity contribution < 1.29 is 48.1 Å². The Hall–Kier alpha value is -4.94. The van der Waals surface area contributed by atoms with E-state index in [1.165, 1.54) is 34.3 Å². The van der Waals surface area contributed by atoms with Crippen molar-refractivity contribution in [3.05, 3.63) is 53.1 Å². The lowest BCUT2D eigenvalue weighted by Gasteiger charge is -2.25. The van der Waals surface area contributed by atoms with Gasteiger partial charge in [-0.15, -0.1) is 0 Å². The number of hydrogen-bond acceptors (Lipinski definition) is 9. The second kappa shape index (κ2) is 16.6. The molecule has 0 saturated carbocycles. The number of hydrogen-bond donors (Lipinski definition) is 4. The monoisotopic (exact) mass is 613 g/mol. The van der Waals surface area contributed by atoms with E-state index < -0.39 is 60.4 Å². The largest absolute Gasteiger partial charge is 0.497 e. The Kier molecular flexibility index (Phi) is 13.3. The molecule has 0 saturated heterocycles. The summed E-state index contributed by atoms with van der Waals surface area (Å²) in [6.07, 6.45) is -1.09. The van der Waals surface area contributed by atoms with Crippen molar-refractivity contribution in [2.24, 2.45) is 5.92 Å². The number of Topliss-reactive ketones (excluding diaryl/α,β-unsaturated/α-hetero) is 2. The third-order valence-electron chi connectivity index (χ3n) is 6.69. The van der Waals surface area contributed by atoms with Crippen molar-refractivity contribution in [2.75, 3.05) is 27.9 Å². The van der Waals surface area contributed by atoms with Gasteiger partial charge in [0.05, 0.1) is 53.2 Å². The van der Waals surface area contributed by atoms with E-state index in [4.69, 9.17) is 14.2 Å². The van der Waals surface area contributed by atoms with E-state index in [1.54, 1.807) is 44.2 Å². The van der Waals surface area contributed by atoms with Gasteiger partial charge in [-0.1, -0.05) is 13.8 Å². The van der Waals surface area contributed by atoms with Crippen LogP contribution in [0.25, 0.3) is 0 Å². The lowest BCUT2D eigenvalue weighted by molar-refractivity contribution is -0.140. The molecule has 0 unspecified atom stereocenters. The maximum atomic E-state index is 13.2. The molecule has 0 aromatic heterocycles. The molecule has 0 fully saturated rings. The number of methoxy groups -OCH3 is 3. The summed E-state index contributed by atoms with van der Waals surface area (Å²) in [5.74, 6) is -3.27. The van der Waals surface area contributed by atoms with Crippen LogP contribution in [0.4, 0.5) is 0 Å². The highest BCUT2D eigenvalue weighted by molar-refractivity contribution is 5.97. The summed E-state index contributed by atoms with van der Waals surface area (Å²) in [6, 6.07) is 6.99. The van der Waals surface area contributed by atoms with E-state index in [1.807, 2.05) is 0 Å². The standard InChI is InChI=1S/C31H39N3O10/c1-17(2)30(34-28(38)14-20-11-19(18(3)35)7-9-25(20)43-5)31(41)33-23(15-29(39)40)24(36)16-32-27(37)13-21-12-22(42-4)8-10-26(21)44-6/h7-12,17,23,30H,13-16H2,1-6H3,(H,32,37)(H,33,41)(H,34,38)(H,39,40)/t23-,30-/m0/s1. The molecule has 0 heterocycles. The predicted molar refractivity (Wildman–Crippen MR) is 159 cm³/mol. The highest BCUT2D eigenvalue weighted by Gasteiger charge is 2.30. The number of carboxylic acids is 1. The SMILES string of the molecule is COc1ccc(OC)c(CC(=O)NCC(=O)[C@H](CC(=O)O)NC(=O)[C@@H](NC(=O)Cc2cc(C(C)=O)ccc2OC)C(C)C)c1. The van der Waals surface area contributed by atoms with Gasteiger partial charge in [0, 0.05) is 16.7 Å². The van der Waals surface area contributed by atoms with Crippen LogP contribution < -0.4 is 30.2 Å². The van der Waals surface area contributed by atoms with E-state index in [9.17, 15) is 33.9 Å². The second-order valence-electron chi connectivity index (χ2n) is 10.3. The molecule has 2 aromatic carbocycles. The van der Waals surface area contributed by atoms with E-state index >= 15 is 0 Å². The van der Waals surface area contributed by atoms with Gasteiger partial charge in [0.15, 0.2) is 11.6 Å². The zero-order valence-electron chi connectivity index (χ0n) is 25.6. The minimum Gasteiger partial charge on any atom is -0.497 e. The molecule has 4 N–H and O–H groups in total. The number of benzene rings is 2. The fourth-order valence-corrected chi connectivity index (χ4v) is 4.31. The van der Waals surface area contributed by atoms with E-state index in [0.29, 0.717) is 33.9 Å². The number of carbonyl (C=O) groups excluding carboxylic acids is 5. The summed E-state index contributed by atoms with van der Waals surface area (Å²) < 4.78 is 15.7. The van der Waals surface area contributed by atoms with Gasteiger partial charge in [-0.05, 0) is 49.2 Å². The van der Waals surface area contributed by atoms with Gasteiger partial charge in [-0.25, -0.2) is 0 Å². The zero-order valence-corrected chi connectivity index (χ0v) is 25.6. The topological polar surface area (TPSA) is 186 Å². The molecule has 0 aliphatic carbocycles. The molecular weight excluding hydrogens is 574 g/mol. The van der Waals surface area contributed by atoms with Gasteiger partial charge in [0.25, 0.3) is 0 Å². The fraction of sp³-hybridized carbons (Fsp3) is 0.419. The van der Waals surface area contributed by atoms with Gasteiger partial charge < -0.3 is 35.3 Å². The van der Waals surface area contributed by atoms with Gasteiger partial charge in [-0.3, -0.25) is 28.8 Å². The van der Waals surface area contributed by atoms with Crippen molar-refractivity contribution in [3.8, 4) is 17.2 Å². The Morgan fingerprint density at radius 2 is 1.39 bits per heavy atom. The summed E-state index contributed by atoms with van der Waals surface area (Å²) in [4.78, 5) is 75.0. The van der Waals surface area contributed by atoms with Crippen LogP contribution in [0.5, 0.6) is 17.2 Å². The Morgan fingerprint density at radius 1 is 0.795 bits per heavy atom. The van der Waals surface area contributed by atoms with Crippen LogP contribution in [0.3, 0.4) is 0 Å². The molecule has 0 aliphatic rings. The van der Waals surface area contributed by atoms with Crippen LogP contribution in [0.2, 0.25) is 0 Å². The summed E-state index contributed by atoms with van der Waals surface area (Å²) in [7, 11) is 4.34. The molecule has 0 bridgehead atoms. The van der Waals surface area contributed by atoms with Crippen molar-refractivity contribution in [1.82, 2.24) is 16.0 Å². The first-order chi connectivity index (χ1) is 20.8. The van der Waals surface area contributed by atoms with Crippen molar-refractivity contribution in [3.63, 3.8) is 0 Å². The highest BCUT2D eigenvalue weighted by atomic mass is 16.5. The lowest BCUT2D eigenvalue weighted by atomic mass is 10.00. The van der Waals surface area contributed by atoms with Crippen LogP contribution in [-0.4, -0.2) is 80.3 Å². The van der Waals surface area contributed by atoms with Crippen LogP contribution in [-0.2, 0) is 36.8 Å². The first-order valence-electron chi connectivity index (χ1n) is 13.8. The number of ketones is 2. The average molecular weight is 614 g/mol. The summed E-state index contributed by atoms with van der Waals surface area (Å²) in [5.41, 5.74) is 1.33. The first kappa shape index (κ1) is 35.3. The fourth-order valence-electron chi connectivity index (χ4n) is 4.31. The third kappa shape index (κ3) is 10.4. The van der Waals surface area contributed by atoms with E-state index in [-0.39, 0.29) is 18.6 Å². The van der Waals surface area contributed by atoms with Crippen LogP contribution in [0, 0.1) is 5.92 Å².